The van der Waals surface area contributed by atoms with Gasteiger partial charge in [0.05, 0.1) is 12.7 Å². The summed E-state index contributed by atoms with van der Waals surface area (Å²) in [7, 11) is 1.58. The average molecular weight is 359 g/mol. The van der Waals surface area contributed by atoms with Gasteiger partial charge >= 0.3 is 0 Å². The Labute approximate surface area is 154 Å². The number of benzene rings is 2. The van der Waals surface area contributed by atoms with Crippen molar-refractivity contribution in [3.05, 3.63) is 53.6 Å². The summed E-state index contributed by atoms with van der Waals surface area (Å²) in [5, 5.41) is 0. The van der Waals surface area contributed by atoms with Crippen molar-refractivity contribution in [1.29, 1.82) is 0 Å². The lowest BCUT2D eigenvalue weighted by molar-refractivity contribution is 0.208. The van der Waals surface area contributed by atoms with Crippen molar-refractivity contribution in [3.63, 3.8) is 0 Å². The number of rotatable bonds is 7. The second-order valence-electron chi connectivity index (χ2n) is 6.64. The molecular weight excluding hydrogens is 334 g/mol. The molecular formula is C20H25NO3S. The Kier molecular flexibility index (Phi) is 6.26. The molecule has 5 heteroatoms. The Morgan fingerprint density at radius 3 is 2.24 bits per heavy atom. The van der Waals surface area contributed by atoms with E-state index in [-0.39, 0.29) is 10.4 Å². The molecule has 0 bridgehead atoms. The molecule has 0 heterocycles. The fraction of sp³-hybridized carbons (Fsp3) is 0.350. The summed E-state index contributed by atoms with van der Waals surface area (Å²) in [6, 6.07) is 13.5. The maximum atomic E-state index is 5.93. The molecule has 2 aromatic carbocycles. The Morgan fingerprint density at radius 1 is 0.960 bits per heavy atom. The van der Waals surface area contributed by atoms with Gasteiger partial charge in [-0.3, -0.25) is 0 Å². The first kappa shape index (κ1) is 19.1. The molecule has 4 nitrogen and oxygen atoms in total. The second-order valence-corrected chi connectivity index (χ2v) is 7.08. The van der Waals surface area contributed by atoms with Crippen LogP contribution in [0.4, 0.5) is 0 Å². The van der Waals surface area contributed by atoms with Gasteiger partial charge in [0.1, 0.15) is 24.0 Å². The van der Waals surface area contributed by atoms with Gasteiger partial charge in [0.15, 0.2) is 11.5 Å². The molecule has 0 aliphatic rings. The lowest BCUT2D eigenvalue weighted by atomic mass is 9.86. The molecule has 2 rings (SSSR count). The molecule has 0 unspecified atom stereocenters. The first-order chi connectivity index (χ1) is 11.8. The van der Waals surface area contributed by atoms with Crippen LogP contribution >= 0.6 is 12.2 Å². The van der Waals surface area contributed by atoms with Gasteiger partial charge < -0.3 is 19.9 Å². The monoisotopic (exact) mass is 359 g/mol. The van der Waals surface area contributed by atoms with Gasteiger partial charge in [-0.05, 0) is 29.2 Å². The fourth-order valence-corrected chi connectivity index (χ4v) is 2.69. The molecule has 0 aliphatic carbocycles. The highest BCUT2D eigenvalue weighted by atomic mass is 32.1. The van der Waals surface area contributed by atoms with Gasteiger partial charge in [0.25, 0.3) is 0 Å². The summed E-state index contributed by atoms with van der Waals surface area (Å²) >= 11 is 5.08. The number of hydrogen-bond donors (Lipinski definition) is 1. The Balaban J connectivity index is 2.05. The molecule has 0 aliphatic heterocycles. The van der Waals surface area contributed by atoms with Crippen molar-refractivity contribution < 1.29 is 14.2 Å². The Bertz CT molecular complexity index is 738. The van der Waals surface area contributed by atoms with Crippen LogP contribution < -0.4 is 19.9 Å². The van der Waals surface area contributed by atoms with E-state index in [1.54, 1.807) is 7.11 Å². The number of ether oxygens (including phenoxy) is 3. The molecule has 0 spiro atoms. The first-order valence-electron chi connectivity index (χ1n) is 8.16. The van der Waals surface area contributed by atoms with Crippen molar-refractivity contribution >= 4 is 17.2 Å². The first-order valence-corrected chi connectivity index (χ1v) is 8.57. The molecule has 0 saturated carbocycles. The zero-order valence-electron chi connectivity index (χ0n) is 15.2. The smallest absolute Gasteiger partial charge is 0.171 e. The van der Waals surface area contributed by atoms with Crippen LogP contribution in [0.25, 0.3) is 0 Å². The minimum Gasteiger partial charge on any atom is -0.493 e. The Hall–Kier alpha value is -2.27. The van der Waals surface area contributed by atoms with Crippen LogP contribution in [0, 0.1) is 0 Å². The summed E-state index contributed by atoms with van der Waals surface area (Å²) in [6.07, 6.45) is 0. The van der Waals surface area contributed by atoms with Gasteiger partial charge in [0, 0.05) is 0 Å². The van der Waals surface area contributed by atoms with E-state index in [9.17, 15) is 0 Å². The van der Waals surface area contributed by atoms with Gasteiger partial charge in [0.2, 0.25) is 0 Å². The summed E-state index contributed by atoms with van der Waals surface area (Å²) in [4.78, 5) is 0.271. The highest BCUT2D eigenvalue weighted by Crippen LogP contribution is 2.32. The standard InChI is InChI=1S/C20H25NO3S/c1-20(2,3)15-9-5-6-10-16(15)23-12-13-24-18-14(19(21)25)8-7-11-17(18)22-4/h5-11H,12-13H2,1-4H3,(H2,21,25). The highest BCUT2D eigenvalue weighted by molar-refractivity contribution is 7.80. The van der Waals surface area contributed by atoms with Crippen LogP contribution in [-0.2, 0) is 5.41 Å². The maximum absolute atomic E-state index is 5.93. The van der Waals surface area contributed by atoms with E-state index >= 15 is 0 Å². The minimum atomic E-state index is 0.0129. The zero-order valence-corrected chi connectivity index (χ0v) is 16.0. The maximum Gasteiger partial charge on any atom is 0.171 e. The number of nitrogens with two attached hydrogens (primary N) is 1. The molecule has 134 valence electrons. The summed E-state index contributed by atoms with van der Waals surface area (Å²) in [5.41, 5.74) is 7.60. The van der Waals surface area contributed by atoms with Crippen LogP contribution in [-0.4, -0.2) is 25.3 Å². The quantitative estimate of drug-likeness (QED) is 0.596. The van der Waals surface area contributed by atoms with E-state index in [2.05, 4.69) is 26.8 Å². The third kappa shape index (κ3) is 4.86. The zero-order chi connectivity index (χ0) is 18.4. The summed E-state index contributed by atoms with van der Waals surface area (Å²) in [5.74, 6) is 2.01. The molecule has 25 heavy (non-hydrogen) atoms. The van der Waals surface area contributed by atoms with Crippen LogP contribution in [0.2, 0.25) is 0 Å². The highest BCUT2D eigenvalue weighted by Gasteiger charge is 2.18. The normalized spacial score (nSPS) is 11.0. The van der Waals surface area contributed by atoms with Gasteiger partial charge in [-0.1, -0.05) is 57.3 Å². The number of para-hydroxylation sites is 2. The molecule has 0 saturated heterocycles. The molecule has 0 atom stereocenters. The lowest BCUT2D eigenvalue weighted by Crippen LogP contribution is -2.17. The molecule has 0 fully saturated rings. The minimum absolute atomic E-state index is 0.0129. The lowest BCUT2D eigenvalue weighted by Gasteiger charge is -2.22. The third-order valence-electron chi connectivity index (χ3n) is 3.75. The molecule has 2 aromatic rings. The van der Waals surface area contributed by atoms with E-state index in [0.29, 0.717) is 30.3 Å². The molecule has 0 amide bonds. The van der Waals surface area contributed by atoms with Crippen LogP contribution in [0.15, 0.2) is 42.5 Å². The molecule has 0 aromatic heterocycles. The van der Waals surface area contributed by atoms with Gasteiger partial charge in [-0.2, -0.15) is 0 Å². The predicted octanol–water partition coefficient (Wildman–Crippen LogP) is 4.08. The predicted molar refractivity (Wildman–Crippen MR) is 105 cm³/mol. The topological polar surface area (TPSA) is 53.7 Å². The number of thiocarbonyl (C=S) groups is 1. The van der Waals surface area contributed by atoms with Crippen LogP contribution in [0.1, 0.15) is 31.9 Å². The van der Waals surface area contributed by atoms with E-state index in [0.717, 1.165) is 11.3 Å². The van der Waals surface area contributed by atoms with Gasteiger partial charge in [-0.25, -0.2) is 0 Å². The van der Waals surface area contributed by atoms with Crippen molar-refractivity contribution in [3.8, 4) is 17.2 Å². The second kappa shape index (κ2) is 8.21. The van der Waals surface area contributed by atoms with Crippen molar-refractivity contribution in [1.82, 2.24) is 0 Å². The summed E-state index contributed by atoms with van der Waals surface area (Å²) < 4.78 is 17.1. The number of methoxy groups -OCH3 is 1. The van der Waals surface area contributed by atoms with Crippen molar-refractivity contribution in [2.24, 2.45) is 5.73 Å². The van der Waals surface area contributed by atoms with E-state index in [1.165, 1.54) is 0 Å². The van der Waals surface area contributed by atoms with Crippen molar-refractivity contribution in [2.45, 2.75) is 26.2 Å². The van der Waals surface area contributed by atoms with E-state index in [4.69, 9.17) is 32.2 Å². The fourth-order valence-electron chi connectivity index (χ4n) is 2.53. The van der Waals surface area contributed by atoms with E-state index < -0.39 is 0 Å². The van der Waals surface area contributed by atoms with Crippen LogP contribution in [0.5, 0.6) is 17.2 Å². The molecule has 0 radical (unpaired) electrons. The average Bonchev–Trinajstić information content (AvgIpc) is 2.57. The SMILES string of the molecule is COc1cccc(C(N)=S)c1OCCOc1ccccc1C(C)(C)C. The Morgan fingerprint density at radius 2 is 1.60 bits per heavy atom. The molecule has 2 N–H and O–H groups in total. The van der Waals surface area contributed by atoms with Gasteiger partial charge in [-0.15, -0.1) is 0 Å². The number of hydrogen-bond acceptors (Lipinski definition) is 4. The largest absolute Gasteiger partial charge is 0.493 e. The van der Waals surface area contributed by atoms with Crippen LogP contribution in [0.3, 0.4) is 0 Å². The van der Waals surface area contributed by atoms with E-state index in [1.807, 2.05) is 36.4 Å². The summed E-state index contributed by atoms with van der Waals surface area (Å²) in [6.45, 7) is 7.25. The third-order valence-corrected chi connectivity index (χ3v) is 3.97. The van der Waals surface area contributed by atoms with Crippen molar-refractivity contribution in [2.75, 3.05) is 20.3 Å².